The Morgan fingerprint density at radius 1 is 0.667 bits per heavy atom. The zero-order chi connectivity index (χ0) is 24.1. The van der Waals surface area contributed by atoms with Crippen LogP contribution in [0.15, 0.2) is 97.1 Å². The van der Waals surface area contributed by atoms with Gasteiger partial charge in [-0.25, -0.2) is 0 Å². The SMILES string of the molecule is C[C@@H]1[C@H]2c3cc(Nc4ccccc4)ccc3C[C@H](c3ccc(Nc4ccccc4)cc32)N1CC1CC1. The number of hydrogen-bond acceptors (Lipinski definition) is 3. The summed E-state index contributed by atoms with van der Waals surface area (Å²) >= 11 is 0. The summed E-state index contributed by atoms with van der Waals surface area (Å²) in [7, 11) is 0. The van der Waals surface area contributed by atoms with Crippen molar-refractivity contribution in [2.24, 2.45) is 5.92 Å². The second-order valence-electron chi connectivity index (χ2n) is 10.8. The molecule has 3 atom stereocenters. The highest BCUT2D eigenvalue weighted by Gasteiger charge is 2.44. The van der Waals surface area contributed by atoms with Crippen LogP contribution in [0.1, 0.15) is 54.0 Å². The van der Waals surface area contributed by atoms with Crippen molar-refractivity contribution in [2.75, 3.05) is 17.2 Å². The van der Waals surface area contributed by atoms with E-state index in [9.17, 15) is 0 Å². The first-order valence-corrected chi connectivity index (χ1v) is 13.4. The van der Waals surface area contributed by atoms with E-state index in [0.717, 1.165) is 23.7 Å². The van der Waals surface area contributed by atoms with Gasteiger partial charge in [-0.1, -0.05) is 48.5 Å². The highest BCUT2D eigenvalue weighted by Crippen LogP contribution is 2.51. The van der Waals surface area contributed by atoms with Crippen LogP contribution in [0.25, 0.3) is 0 Å². The maximum atomic E-state index is 3.64. The van der Waals surface area contributed by atoms with E-state index in [4.69, 9.17) is 0 Å². The van der Waals surface area contributed by atoms with E-state index in [1.54, 1.807) is 0 Å². The minimum Gasteiger partial charge on any atom is -0.356 e. The molecule has 2 heterocycles. The van der Waals surface area contributed by atoms with Crippen LogP contribution in [0.3, 0.4) is 0 Å². The van der Waals surface area contributed by atoms with Crippen molar-refractivity contribution in [2.45, 2.75) is 44.2 Å². The van der Waals surface area contributed by atoms with E-state index < -0.39 is 0 Å². The Morgan fingerprint density at radius 3 is 1.92 bits per heavy atom. The van der Waals surface area contributed by atoms with Crippen molar-refractivity contribution in [3.8, 4) is 0 Å². The summed E-state index contributed by atoms with van der Waals surface area (Å²) in [6.07, 6.45) is 3.88. The highest BCUT2D eigenvalue weighted by molar-refractivity contribution is 5.66. The molecular formula is C33H33N3. The molecule has 2 aliphatic heterocycles. The third-order valence-corrected chi connectivity index (χ3v) is 8.37. The van der Waals surface area contributed by atoms with Crippen molar-refractivity contribution in [1.82, 2.24) is 4.90 Å². The van der Waals surface area contributed by atoms with Crippen LogP contribution in [0.5, 0.6) is 0 Å². The van der Waals surface area contributed by atoms with E-state index >= 15 is 0 Å². The summed E-state index contributed by atoms with van der Waals surface area (Å²) < 4.78 is 0. The summed E-state index contributed by atoms with van der Waals surface area (Å²) in [5.74, 6) is 1.25. The predicted molar refractivity (Wildman–Crippen MR) is 150 cm³/mol. The van der Waals surface area contributed by atoms with E-state index in [-0.39, 0.29) is 0 Å². The van der Waals surface area contributed by atoms with Crippen LogP contribution in [0.2, 0.25) is 0 Å². The molecule has 3 heteroatoms. The van der Waals surface area contributed by atoms with E-state index in [0.29, 0.717) is 18.0 Å². The van der Waals surface area contributed by atoms with Crippen molar-refractivity contribution in [1.29, 1.82) is 0 Å². The van der Waals surface area contributed by atoms with Gasteiger partial charge >= 0.3 is 0 Å². The lowest BCUT2D eigenvalue weighted by atomic mass is 9.78. The average Bonchev–Trinajstić information content (AvgIpc) is 3.74. The number of rotatable bonds is 6. The van der Waals surface area contributed by atoms with Crippen LogP contribution in [-0.4, -0.2) is 17.5 Å². The maximum Gasteiger partial charge on any atom is 0.0394 e. The average molecular weight is 472 g/mol. The molecule has 2 bridgehead atoms. The minimum absolute atomic E-state index is 0.363. The molecule has 0 aromatic heterocycles. The first-order valence-electron chi connectivity index (χ1n) is 13.4. The number of anilines is 4. The molecule has 0 radical (unpaired) electrons. The standard InChI is InChI=1S/C33H33N3/c1-22-33-30-19-27(34-25-8-4-2-5-9-25)15-14-24(30)18-32(36(22)21-23-12-13-23)29-17-16-28(20-31(29)33)35-26-10-6-3-7-11-26/h2-11,14-17,19-20,22-23,32-35H,12-13,18,21H2,1H3/t22-,32-,33+/m1/s1. The molecule has 4 aromatic rings. The number of benzene rings is 4. The number of para-hydroxylation sites is 2. The Morgan fingerprint density at radius 2 is 1.28 bits per heavy atom. The summed E-state index contributed by atoms with van der Waals surface area (Å²) in [6.45, 7) is 3.70. The van der Waals surface area contributed by atoms with Crippen LogP contribution in [0, 0.1) is 5.92 Å². The fourth-order valence-corrected chi connectivity index (χ4v) is 6.42. The van der Waals surface area contributed by atoms with Gasteiger partial charge in [-0.2, -0.15) is 0 Å². The van der Waals surface area contributed by atoms with Crippen LogP contribution in [-0.2, 0) is 6.42 Å². The van der Waals surface area contributed by atoms with Crippen LogP contribution < -0.4 is 10.6 Å². The van der Waals surface area contributed by atoms with Gasteiger partial charge in [0.15, 0.2) is 0 Å². The summed E-state index contributed by atoms with van der Waals surface area (Å²) in [6, 6.07) is 36.1. The molecule has 4 aromatic carbocycles. The van der Waals surface area contributed by atoms with Gasteiger partial charge in [-0.15, -0.1) is 0 Å². The zero-order valence-corrected chi connectivity index (χ0v) is 20.8. The van der Waals surface area contributed by atoms with E-state index in [2.05, 4.69) is 120 Å². The molecule has 0 saturated heterocycles. The first-order chi connectivity index (χ1) is 17.7. The molecule has 4 aliphatic rings. The van der Waals surface area contributed by atoms with E-state index in [1.807, 2.05) is 0 Å². The summed E-state index contributed by atoms with van der Waals surface area (Å²) in [5, 5.41) is 7.29. The molecule has 8 rings (SSSR count). The minimum atomic E-state index is 0.363. The molecule has 2 N–H and O–H groups in total. The topological polar surface area (TPSA) is 27.3 Å². The molecule has 0 amide bonds. The first kappa shape index (κ1) is 21.7. The Hall–Kier alpha value is -3.56. The molecule has 3 nitrogen and oxygen atoms in total. The number of nitrogens with one attached hydrogen (secondary N) is 2. The molecular weight excluding hydrogens is 438 g/mol. The largest absolute Gasteiger partial charge is 0.356 e. The van der Waals surface area contributed by atoms with Crippen LogP contribution >= 0.6 is 0 Å². The van der Waals surface area contributed by atoms with Gasteiger partial charge in [-0.3, -0.25) is 4.90 Å². The van der Waals surface area contributed by atoms with Crippen molar-refractivity contribution >= 4 is 22.7 Å². The zero-order valence-electron chi connectivity index (χ0n) is 20.8. The Bertz CT molecular complexity index is 1380. The van der Waals surface area contributed by atoms with Gasteiger partial charge in [0.05, 0.1) is 0 Å². The number of nitrogens with zero attached hydrogens (tertiary/aromatic N) is 1. The second-order valence-corrected chi connectivity index (χ2v) is 10.8. The van der Waals surface area contributed by atoms with Crippen molar-refractivity contribution in [3.63, 3.8) is 0 Å². The molecule has 1 fully saturated rings. The molecule has 0 spiro atoms. The molecule has 1 saturated carbocycles. The predicted octanol–water partition coefficient (Wildman–Crippen LogP) is 8.02. The van der Waals surface area contributed by atoms with Gasteiger partial charge in [0.1, 0.15) is 0 Å². The smallest absolute Gasteiger partial charge is 0.0394 e. The normalized spacial score (nSPS) is 22.4. The third-order valence-electron chi connectivity index (χ3n) is 8.37. The molecule has 0 unspecified atom stereocenters. The Balaban J connectivity index is 1.31. The summed E-state index contributed by atoms with van der Waals surface area (Å²) in [5.41, 5.74) is 10.6. The number of fused-ring (bicyclic) bond motifs is 1. The number of hydrogen-bond donors (Lipinski definition) is 2. The monoisotopic (exact) mass is 471 g/mol. The van der Waals surface area contributed by atoms with E-state index in [1.165, 1.54) is 53.0 Å². The highest BCUT2D eigenvalue weighted by atomic mass is 15.2. The van der Waals surface area contributed by atoms with Gasteiger partial charge < -0.3 is 10.6 Å². The summed E-state index contributed by atoms with van der Waals surface area (Å²) in [4.78, 5) is 2.83. The van der Waals surface area contributed by atoms with Crippen molar-refractivity contribution < 1.29 is 0 Å². The van der Waals surface area contributed by atoms with Gasteiger partial charge in [-0.05, 0) is 103 Å². The maximum absolute atomic E-state index is 3.64. The third kappa shape index (κ3) is 3.98. The van der Waals surface area contributed by atoms with Crippen LogP contribution in [0.4, 0.5) is 22.7 Å². The van der Waals surface area contributed by atoms with Crippen molar-refractivity contribution in [3.05, 3.63) is 119 Å². The fraction of sp³-hybridized carbons (Fsp3) is 0.273. The fourth-order valence-electron chi connectivity index (χ4n) is 6.42. The quantitative estimate of drug-likeness (QED) is 0.298. The van der Waals surface area contributed by atoms with Gasteiger partial charge in [0.2, 0.25) is 0 Å². The van der Waals surface area contributed by atoms with Gasteiger partial charge in [0.25, 0.3) is 0 Å². The lowest BCUT2D eigenvalue weighted by molar-refractivity contribution is 0.116. The van der Waals surface area contributed by atoms with Gasteiger partial charge in [0, 0.05) is 47.3 Å². The second kappa shape index (κ2) is 8.83. The molecule has 180 valence electrons. The lowest BCUT2D eigenvalue weighted by Gasteiger charge is -2.44. The molecule has 2 aliphatic carbocycles. The lowest BCUT2D eigenvalue weighted by Crippen LogP contribution is -2.45. The Labute approximate surface area is 214 Å². The molecule has 36 heavy (non-hydrogen) atoms. The Kier molecular flexibility index (Phi) is 5.32.